The van der Waals surface area contributed by atoms with Crippen LogP contribution in [0.3, 0.4) is 0 Å². The van der Waals surface area contributed by atoms with E-state index in [-0.39, 0.29) is 23.0 Å². The van der Waals surface area contributed by atoms with Crippen molar-refractivity contribution in [2.24, 2.45) is 0 Å². The van der Waals surface area contributed by atoms with E-state index < -0.39 is 28.0 Å². The number of halogens is 1. The normalized spacial score (nSPS) is 11.3. The largest absolute Gasteiger partial charge is 0.482 e. The smallest absolute Gasteiger partial charge is 0.297 e. The topological polar surface area (TPSA) is 82.8 Å². The van der Waals surface area contributed by atoms with Crippen LogP contribution in [0.15, 0.2) is 81.0 Å². The Morgan fingerprint density at radius 1 is 0.963 bits per heavy atom. The van der Waals surface area contributed by atoms with Crippen molar-refractivity contribution in [3.8, 4) is 5.75 Å². The Hall–Kier alpha value is -2.97. The average molecular weight is 390 g/mol. The van der Waals surface area contributed by atoms with Gasteiger partial charge in [-0.25, -0.2) is 4.39 Å². The van der Waals surface area contributed by atoms with Crippen LogP contribution < -0.4 is 10.2 Å². The second-order valence-electron chi connectivity index (χ2n) is 5.52. The van der Waals surface area contributed by atoms with Crippen LogP contribution in [0.25, 0.3) is 0 Å². The number of hydrogen-bond donors (Lipinski definition) is 0. The molecule has 0 bridgehead atoms. The average Bonchev–Trinajstić information content (AvgIpc) is 2.67. The Balaban J connectivity index is 1.63. The van der Waals surface area contributed by atoms with Gasteiger partial charge in [-0.05, 0) is 29.8 Å². The van der Waals surface area contributed by atoms with Crippen LogP contribution in [0.5, 0.6) is 5.75 Å². The molecule has 0 saturated heterocycles. The summed E-state index contributed by atoms with van der Waals surface area (Å²) in [5, 5.41) is 0. The summed E-state index contributed by atoms with van der Waals surface area (Å²) in [7, 11) is -4.10. The Morgan fingerprint density at radius 3 is 2.33 bits per heavy atom. The van der Waals surface area contributed by atoms with Crippen molar-refractivity contribution in [2.45, 2.75) is 18.1 Å². The van der Waals surface area contributed by atoms with E-state index in [9.17, 15) is 17.6 Å². The molecule has 0 atom stereocenters. The molecule has 3 rings (SSSR count). The summed E-state index contributed by atoms with van der Waals surface area (Å²) in [5.74, 6) is -0.548. The van der Waals surface area contributed by atoms with Gasteiger partial charge in [-0.3, -0.25) is 8.98 Å². The fraction of sp³-hybridized carbons (Fsp3) is 0.105. The maximum absolute atomic E-state index is 12.9. The molecule has 1 heterocycles. The Bertz CT molecular complexity index is 1060. The molecule has 0 unspecified atom stereocenters. The Labute approximate surface area is 154 Å². The maximum Gasteiger partial charge on any atom is 0.297 e. The van der Waals surface area contributed by atoms with Crippen LogP contribution in [-0.4, -0.2) is 8.42 Å². The number of rotatable bonds is 7. The molecule has 0 aliphatic heterocycles. The predicted molar refractivity (Wildman–Crippen MR) is 94.1 cm³/mol. The maximum atomic E-state index is 12.9. The third kappa shape index (κ3) is 5.02. The molecular weight excluding hydrogens is 375 g/mol. The van der Waals surface area contributed by atoms with Crippen molar-refractivity contribution >= 4 is 10.1 Å². The van der Waals surface area contributed by atoms with Crippen molar-refractivity contribution in [2.75, 3.05) is 0 Å². The fourth-order valence-electron chi connectivity index (χ4n) is 2.16. The summed E-state index contributed by atoms with van der Waals surface area (Å²) in [5.41, 5.74) is 0.421. The summed E-state index contributed by atoms with van der Waals surface area (Å²) < 4.78 is 52.4. The molecule has 0 spiro atoms. The minimum atomic E-state index is -4.10. The van der Waals surface area contributed by atoms with E-state index in [0.717, 1.165) is 42.2 Å². The predicted octanol–water partition coefficient (Wildman–Crippen LogP) is 3.26. The van der Waals surface area contributed by atoms with E-state index in [1.807, 2.05) is 30.3 Å². The summed E-state index contributed by atoms with van der Waals surface area (Å²) in [6.45, 7) is -0.283. The van der Waals surface area contributed by atoms with E-state index in [2.05, 4.69) is 0 Å². The van der Waals surface area contributed by atoms with Gasteiger partial charge in [0.2, 0.25) is 11.2 Å². The van der Waals surface area contributed by atoms with Crippen LogP contribution >= 0.6 is 0 Å². The van der Waals surface area contributed by atoms with Crippen LogP contribution in [-0.2, 0) is 27.5 Å². The van der Waals surface area contributed by atoms with Crippen molar-refractivity contribution in [1.82, 2.24) is 0 Å². The monoisotopic (exact) mass is 390 g/mol. The standard InChI is InChI=1S/C19H15FO6S/c20-15-6-8-17(9-7-15)27(22,23)26-12-16-10-18(21)19(13-24-16)25-11-14-4-2-1-3-5-14/h1-10,13H,11-12H2. The van der Waals surface area contributed by atoms with E-state index in [0.29, 0.717) is 0 Å². The zero-order chi connectivity index (χ0) is 19.3. The van der Waals surface area contributed by atoms with E-state index in [4.69, 9.17) is 13.3 Å². The van der Waals surface area contributed by atoms with Gasteiger partial charge in [0.05, 0.1) is 4.90 Å². The highest BCUT2D eigenvalue weighted by Gasteiger charge is 2.16. The first-order valence-electron chi connectivity index (χ1n) is 7.87. The highest BCUT2D eigenvalue weighted by Crippen LogP contribution is 2.16. The molecule has 140 valence electrons. The zero-order valence-electron chi connectivity index (χ0n) is 14.0. The summed E-state index contributed by atoms with van der Waals surface area (Å²) >= 11 is 0. The summed E-state index contributed by atoms with van der Waals surface area (Å²) in [6, 6.07) is 14.6. The molecule has 27 heavy (non-hydrogen) atoms. The lowest BCUT2D eigenvalue weighted by Gasteiger charge is -2.07. The van der Waals surface area contributed by atoms with Crippen LogP contribution in [0, 0.1) is 5.82 Å². The summed E-state index contributed by atoms with van der Waals surface area (Å²) in [6.07, 6.45) is 1.11. The van der Waals surface area contributed by atoms with Gasteiger partial charge in [0, 0.05) is 6.07 Å². The Kier molecular flexibility index (Phi) is 5.68. The van der Waals surface area contributed by atoms with Crippen molar-refractivity contribution < 1.29 is 26.1 Å². The molecule has 0 amide bonds. The lowest BCUT2D eigenvalue weighted by atomic mass is 10.2. The minimum absolute atomic E-state index is 0.00370. The lowest BCUT2D eigenvalue weighted by Crippen LogP contribution is -2.10. The quantitative estimate of drug-likeness (QED) is 0.576. The molecule has 0 N–H and O–H groups in total. The Morgan fingerprint density at radius 2 is 1.67 bits per heavy atom. The van der Waals surface area contributed by atoms with Gasteiger partial charge in [-0.15, -0.1) is 0 Å². The van der Waals surface area contributed by atoms with Gasteiger partial charge in [0.25, 0.3) is 10.1 Å². The molecule has 0 aliphatic rings. The molecule has 2 aromatic carbocycles. The van der Waals surface area contributed by atoms with Crippen LogP contribution in [0.1, 0.15) is 11.3 Å². The third-order valence-corrected chi connectivity index (χ3v) is 4.83. The molecule has 0 aliphatic carbocycles. The first-order valence-corrected chi connectivity index (χ1v) is 9.28. The number of benzene rings is 2. The molecule has 1 aromatic heterocycles. The van der Waals surface area contributed by atoms with Gasteiger partial charge in [-0.1, -0.05) is 30.3 Å². The number of ether oxygens (including phenoxy) is 1. The fourth-order valence-corrected chi connectivity index (χ4v) is 3.04. The second kappa shape index (κ2) is 8.15. The lowest BCUT2D eigenvalue weighted by molar-refractivity contribution is 0.257. The van der Waals surface area contributed by atoms with Crippen molar-refractivity contribution in [1.29, 1.82) is 0 Å². The van der Waals surface area contributed by atoms with Crippen LogP contribution in [0.2, 0.25) is 0 Å². The van der Waals surface area contributed by atoms with E-state index >= 15 is 0 Å². The molecular formula is C19H15FO6S. The van der Waals surface area contributed by atoms with Crippen molar-refractivity contribution in [3.63, 3.8) is 0 Å². The summed E-state index contributed by atoms with van der Waals surface area (Å²) in [4.78, 5) is 11.9. The molecule has 8 heteroatoms. The highest BCUT2D eigenvalue weighted by atomic mass is 32.2. The van der Waals surface area contributed by atoms with Crippen LogP contribution in [0.4, 0.5) is 4.39 Å². The molecule has 0 radical (unpaired) electrons. The first kappa shape index (κ1) is 18.8. The molecule has 0 saturated carbocycles. The van der Waals surface area contributed by atoms with E-state index in [1.165, 1.54) is 0 Å². The van der Waals surface area contributed by atoms with Gasteiger partial charge in [-0.2, -0.15) is 8.42 Å². The van der Waals surface area contributed by atoms with Crippen molar-refractivity contribution in [3.05, 3.63) is 94.3 Å². The van der Waals surface area contributed by atoms with Gasteiger partial charge in [0.15, 0.2) is 0 Å². The highest BCUT2D eigenvalue weighted by molar-refractivity contribution is 7.86. The molecule has 6 nitrogen and oxygen atoms in total. The van der Waals surface area contributed by atoms with Gasteiger partial charge < -0.3 is 9.15 Å². The third-order valence-electron chi connectivity index (χ3n) is 3.55. The van der Waals surface area contributed by atoms with E-state index in [1.54, 1.807) is 0 Å². The van der Waals surface area contributed by atoms with Gasteiger partial charge >= 0.3 is 0 Å². The SMILES string of the molecule is O=c1cc(COS(=O)(=O)c2ccc(F)cc2)occ1OCc1ccccc1. The second-order valence-corrected chi connectivity index (χ2v) is 7.13. The van der Waals surface area contributed by atoms with Gasteiger partial charge in [0.1, 0.15) is 31.1 Å². The first-order chi connectivity index (χ1) is 12.9. The number of hydrogen-bond acceptors (Lipinski definition) is 6. The zero-order valence-corrected chi connectivity index (χ0v) is 14.8. The minimum Gasteiger partial charge on any atom is -0.482 e. The molecule has 0 fully saturated rings. The molecule has 3 aromatic rings.